The quantitative estimate of drug-likeness (QED) is 0.375. The van der Waals surface area contributed by atoms with Crippen molar-refractivity contribution in [1.82, 2.24) is 24.5 Å². The van der Waals surface area contributed by atoms with E-state index in [-0.39, 0.29) is 29.9 Å². The molecule has 1 atom stereocenters. The van der Waals surface area contributed by atoms with Crippen LogP contribution >= 0.6 is 0 Å². The molecule has 36 heavy (non-hydrogen) atoms. The normalized spacial score (nSPS) is 12.2. The first-order valence-electron chi connectivity index (χ1n) is 11.9. The predicted molar refractivity (Wildman–Crippen MR) is 137 cm³/mol. The fourth-order valence-corrected chi connectivity index (χ4v) is 4.34. The molecule has 182 valence electrons. The molecule has 0 aliphatic rings. The fraction of sp³-hybridized carbons (Fsp3) is 0.214. The van der Waals surface area contributed by atoms with Crippen LogP contribution in [0, 0.1) is 12.7 Å². The molecule has 1 N–H and O–H groups in total. The second-order valence-electron chi connectivity index (χ2n) is 9.08. The summed E-state index contributed by atoms with van der Waals surface area (Å²) in [5.74, 6) is -0.871. The number of carbonyl (C=O) groups excluding carboxylic acids is 1. The average Bonchev–Trinajstić information content (AvgIpc) is 3.32. The highest BCUT2D eigenvalue weighted by atomic mass is 19.1. The zero-order chi connectivity index (χ0) is 25.2. The minimum atomic E-state index is -0.435. The van der Waals surface area contributed by atoms with Crippen LogP contribution in [-0.2, 0) is 13.0 Å². The Morgan fingerprint density at radius 2 is 1.78 bits per heavy atom. The predicted octanol–water partition coefficient (Wildman–Crippen LogP) is 4.29. The summed E-state index contributed by atoms with van der Waals surface area (Å²) < 4.78 is 16.8. The summed E-state index contributed by atoms with van der Waals surface area (Å²) >= 11 is 0. The van der Waals surface area contributed by atoms with Crippen LogP contribution in [0.5, 0.6) is 0 Å². The van der Waals surface area contributed by atoms with Crippen LogP contribution in [0.3, 0.4) is 0 Å². The zero-order valence-electron chi connectivity index (χ0n) is 20.1. The number of aromatic nitrogens is 4. The van der Waals surface area contributed by atoms with Crippen LogP contribution in [-0.4, -0.2) is 31.1 Å². The van der Waals surface area contributed by atoms with E-state index in [1.807, 2.05) is 50.2 Å². The minimum Gasteiger partial charge on any atom is -0.347 e. The first kappa shape index (κ1) is 23.4. The summed E-state index contributed by atoms with van der Waals surface area (Å²) in [5, 5.41) is 7.32. The van der Waals surface area contributed by atoms with Crippen LogP contribution in [0.25, 0.3) is 16.7 Å². The monoisotopic (exact) mass is 483 g/mol. The highest BCUT2D eigenvalue weighted by molar-refractivity contribution is 5.91. The van der Waals surface area contributed by atoms with Gasteiger partial charge in [0.2, 0.25) is 11.5 Å². The van der Waals surface area contributed by atoms with Crippen LogP contribution in [0.4, 0.5) is 4.39 Å². The molecule has 8 heteroatoms. The zero-order valence-corrected chi connectivity index (χ0v) is 20.1. The molecule has 2 aromatic heterocycles. The van der Waals surface area contributed by atoms with Crippen LogP contribution in [0.15, 0.2) is 77.6 Å². The summed E-state index contributed by atoms with van der Waals surface area (Å²) in [7, 11) is 0. The lowest BCUT2D eigenvalue weighted by atomic mass is 10.1. The molecule has 0 radical (unpaired) electrons. The highest BCUT2D eigenvalue weighted by Gasteiger charge is 2.20. The van der Waals surface area contributed by atoms with E-state index in [1.165, 1.54) is 22.2 Å². The Balaban J connectivity index is 1.48. The molecular weight excluding hydrogens is 457 g/mol. The second kappa shape index (κ2) is 9.73. The van der Waals surface area contributed by atoms with Crippen molar-refractivity contribution in [2.75, 3.05) is 0 Å². The van der Waals surface area contributed by atoms with Gasteiger partial charge in [-0.1, -0.05) is 48.5 Å². The number of benzene rings is 3. The number of carbonyl (C=O) groups is 1. The SMILES string of the molecule is Cc1ccc2c(c1)n(Cc1cccc(F)c1)c(=O)c1nc(C(=O)N[C@H](C)CCc3ccccc3)nn12. The van der Waals surface area contributed by atoms with Crippen LogP contribution in [0.2, 0.25) is 0 Å². The summed E-state index contributed by atoms with van der Waals surface area (Å²) in [6.07, 6.45) is 1.58. The molecule has 0 unspecified atom stereocenters. The maximum atomic E-state index is 13.8. The molecule has 0 fully saturated rings. The first-order valence-corrected chi connectivity index (χ1v) is 11.9. The van der Waals surface area contributed by atoms with Crippen molar-refractivity contribution in [2.45, 2.75) is 39.3 Å². The third-order valence-electron chi connectivity index (χ3n) is 6.21. The molecule has 0 aliphatic carbocycles. The van der Waals surface area contributed by atoms with Gasteiger partial charge < -0.3 is 5.32 Å². The molecule has 0 spiro atoms. The third kappa shape index (κ3) is 4.75. The summed E-state index contributed by atoms with van der Waals surface area (Å²) in [4.78, 5) is 30.7. The van der Waals surface area contributed by atoms with Crippen molar-refractivity contribution >= 4 is 22.6 Å². The summed E-state index contributed by atoms with van der Waals surface area (Å²) in [6.45, 7) is 4.02. The number of aryl methyl sites for hydroxylation is 2. The Kier molecular flexibility index (Phi) is 6.33. The molecule has 1 amide bonds. The topological polar surface area (TPSA) is 81.3 Å². The number of hydrogen-bond acceptors (Lipinski definition) is 4. The van der Waals surface area contributed by atoms with Crippen molar-refractivity contribution in [3.05, 3.63) is 111 Å². The number of amides is 1. The lowest BCUT2D eigenvalue weighted by molar-refractivity contribution is 0.0928. The van der Waals surface area contributed by atoms with E-state index in [4.69, 9.17) is 0 Å². The lowest BCUT2D eigenvalue weighted by Gasteiger charge is -2.12. The molecule has 3 aromatic carbocycles. The van der Waals surface area contributed by atoms with Gasteiger partial charge in [-0.3, -0.25) is 14.2 Å². The van der Waals surface area contributed by atoms with Crippen molar-refractivity contribution in [3.8, 4) is 0 Å². The number of rotatable bonds is 7. The van der Waals surface area contributed by atoms with Gasteiger partial charge in [-0.2, -0.15) is 4.98 Å². The van der Waals surface area contributed by atoms with E-state index >= 15 is 0 Å². The molecular formula is C28H26FN5O2. The summed E-state index contributed by atoms with van der Waals surface area (Å²) in [6, 6.07) is 21.7. The largest absolute Gasteiger partial charge is 0.347 e. The maximum Gasteiger partial charge on any atom is 0.296 e. The number of halogens is 1. The average molecular weight is 484 g/mol. The van der Waals surface area contributed by atoms with Crippen molar-refractivity contribution in [3.63, 3.8) is 0 Å². The van der Waals surface area contributed by atoms with Gasteiger partial charge in [0.15, 0.2) is 0 Å². The molecule has 2 heterocycles. The molecule has 7 nitrogen and oxygen atoms in total. The molecule has 0 saturated heterocycles. The van der Waals surface area contributed by atoms with Gasteiger partial charge in [-0.25, -0.2) is 8.91 Å². The van der Waals surface area contributed by atoms with E-state index in [0.717, 1.165) is 18.4 Å². The number of fused-ring (bicyclic) bond motifs is 3. The van der Waals surface area contributed by atoms with E-state index in [0.29, 0.717) is 16.6 Å². The van der Waals surface area contributed by atoms with E-state index in [1.54, 1.807) is 16.7 Å². The lowest BCUT2D eigenvalue weighted by Crippen LogP contribution is -2.33. The molecule has 0 aliphatic heterocycles. The first-order chi connectivity index (χ1) is 17.4. The van der Waals surface area contributed by atoms with Crippen molar-refractivity contribution in [1.29, 1.82) is 0 Å². The minimum absolute atomic E-state index is 0.0462. The van der Waals surface area contributed by atoms with Gasteiger partial charge in [-0.05, 0) is 67.6 Å². The van der Waals surface area contributed by atoms with Crippen LogP contribution < -0.4 is 10.9 Å². The Labute approximate surface area is 207 Å². The second-order valence-corrected chi connectivity index (χ2v) is 9.08. The van der Waals surface area contributed by atoms with Gasteiger partial charge in [0.1, 0.15) is 5.82 Å². The number of hydrogen-bond donors (Lipinski definition) is 1. The van der Waals surface area contributed by atoms with Crippen molar-refractivity contribution < 1.29 is 9.18 Å². The Morgan fingerprint density at radius 3 is 2.56 bits per heavy atom. The highest BCUT2D eigenvalue weighted by Crippen LogP contribution is 2.18. The van der Waals surface area contributed by atoms with E-state index in [2.05, 4.69) is 27.5 Å². The summed E-state index contributed by atoms with van der Waals surface area (Å²) in [5.41, 5.74) is 3.71. The Hall–Kier alpha value is -4.33. The standard InChI is InChI=1S/C28H26FN5O2/c1-18-11-14-23-24(15-18)33(17-21-9-6-10-22(29)16-21)28(36)26-31-25(32-34(23)26)27(35)30-19(2)12-13-20-7-4-3-5-8-20/h3-11,14-16,19H,12-13,17H2,1-2H3,(H,30,35)/t19-/m1/s1. The fourth-order valence-electron chi connectivity index (χ4n) is 4.34. The van der Waals surface area contributed by atoms with E-state index < -0.39 is 11.5 Å². The van der Waals surface area contributed by atoms with Gasteiger partial charge in [0.25, 0.3) is 11.5 Å². The third-order valence-corrected chi connectivity index (χ3v) is 6.21. The van der Waals surface area contributed by atoms with Gasteiger partial charge in [-0.15, -0.1) is 5.10 Å². The van der Waals surface area contributed by atoms with Crippen molar-refractivity contribution in [2.24, 2.45) is 0 Å². The molecule has 5 aromatic rings. The molecule has 0 saturated carbocycles. The maximum absolute atomic E-state index is 13.8. The smallest absolute Gasteiger partial charge is 0.296 e. The van der Waals surface area contributed by atoms with Crippen LogP contribution in [0.1, 0.15) is 40.7 Å². The van der Waals surface area contributed by atoms with Gasteiger partial charge in [0.05, 0.1) is 17.6 Å². The van der Waals surface area contributed by atoms with Gasteiger partial charge >= 0.3 is 0 Å². The number of nitrogens with one attached hydrogen (secondary N) is 1. The molecule has 5 rings (SSSR count). The Bertz CT molecular complexity index is 1620. The Morgan fingerprint density at radius 1 is 1.00 bits per heavy atom. The van der Waals surface area contributed by atoms with E-state index in [9.17, 15) is 14.0 Å². The molecule has 0 bridgehead atoms. The number of nitrogens with zero attached hydrogens (tertiary/aromatic N) is 4. The van der Waals surface area contributed by atoms with Gasteiger partial charge in [0, 0.05) is 6.04 Å².